The standard InChI is InChI=1S/C37H29N5O2/c1-37(2,3)23-17-19-38-32(21-23)42-29-12-8-7-11-26(29)27-14-16-33(40-35(27)42)44-25-13-15-30-28(22-25)34-31(43)18-20-39-36(34)41(30)24-9-5-4-6-10-24/h4-22H,1-3H3,(H,39,43). The van der Waals surface area contributed by atoms with Gasteiger partial charge in [-0.05, 0) is 71.6 Å². The fourth-order valence-electron chi connectivity index (χ4n) is 6.03. The van der Waals surface area contributed by atoms with Crippen LogP contribution in [0, 0.1) is 0 Å². The van der Waals surface area contributed by atoms with Gasteiger partial charge in [0.2, 0.25) is 5.88 Å². The number of para-hydroxylation sites is 2. The normalized spacial score (nSPS) is 12.1. The number of aromatic nitrogens is 5. The Bertz CT molecular complexity index is 2360. The molecule has 0 amide bonds. The van der Waals surface area contributed by atoms with Crippen molar-refractivity contribution >= 4 is 43.9 Å². The molecule has 1 N–H and O–H groups in total. The van der Waals surface area contributed by atoms with E-state index < -0.39 is 0 Å². The van der Waals surface area contributed by atoms with E-state index >= 15 is 0 Å². The summed E-state index contributed by atoms with van der Waals surface area (Å²) in [6.45, 7) is 6.60. The van der Waals surface area contributed by atoms with Crippen molar-refractivity contribution in [1.29, 1.82) is 0 Å². The molecule has 0 aliphatic carbocycles. The zero-order valence-electron chi connectivity index (χ0n) is 24.6. The first kappa shape index (κ1) is 26.0. The lowest BCUT2D eigenvalue weighted by Crippen LogP contribution is -2.12. The van der Waals surface area contributed by atoms with Crippen molar-refractivity contribution in [2.75, 3.05) is 0 Å². The Morgan fingerprint density at radius 1 is 0.659 bits per heavy atom. The Balaban J connectivity index is 1.28. The van der Waals surface area contributed by atoms with Gasteiger partial charge in [0.25, 0.3) is 0 Å². The summed E-state index contributed by atoms with van der Waals surface area (Å²) in [5.41, 5.74) is 5.53. The van der Waals surface area contributed by atoms with E-state index in [4.69, 9.17) is 14.7 Å². The molecule has 0 spiro atoms. The highest BCUT2D eigenvalue weighted by Gasteiger charge is 2.20. The van der Waals surface area contributed by atoms with E-state index in [-0.39, 0.29) is 11.2 Å². The van der Waals surface area contributed by atoms with E-state index in [1.54, 1.807) is 12.3 Å². The van der Waals surface area contributed by atoms with Gasteiger partial charge in [-0.2, -0.15) is 4.98 Å². The molecule has 0 fully saturated rings. The Morgan fingerprint density at radius 2 is 1.43 bits per heavy atom. The number of ether oxygens (including phenoxy) is 1. The van der Waals surface area contributed by atoms with Crippen molar-refractivity contribution in [3.05, 3.63) is 121 Å². The van der Waals surface area contributed by atoms with Gasteiger partial charge in [0.15, 0.2) is 5.65 Å². The van der Waals surface area contributed by atoms with Gasteiger partial charge in [-0.1, -0.05) is 57.2 Å². The Labute approximate surface area is 253 Å². The predicted octanol–water partition coefficient (Wildman–Crippen LogP) is 8.86. The zero-order chi connectivity index (χ0) is 30.0. The van der Waals surface area contributed by atoms with Crippen molar-refractivity contribution in [2.24, 2.45) is 0 Å². The number of nitrogens with zero attached hydrogens (tertiary/aromatic N) is 5. The summed E-state index contributed by atoms with van der Waals surface area (Å²) in [7, 11) is 0. The monoisotopic (exact) mass is 575 g/mol. The molecule has 5 aromatic heterocycles. The molecule has 7 nitrogen and oxygen atoms in total. The van der Waals surface area contributed by atoms with Crippen LogP contribution in [0.3, 0.4) is 0 Å². The summed E-state index contributed by atoms with van der Waals surface area (Å²) in [5, 5.41) is 14.5. The van der Waals surface area contributed by atoms with E-state index in [1.165, 1.54) is 5.56 Å². The van der Waals surface area contributed by atoms with Gasteiger partial charge in [0.1, 0.15) is 23.0 Å². The number of fused-ring (bicyclic) bond motifs is 6. The average Bonchev–Trinajstić information content (AvgIpc) is 3.54. The lowest BCUT2D eigenvalue weighted by Gasteiger charge is -2.19. The molecule has 0 bridgehead atoms. The molecular formula is C37H29N5O2. The van der Waals surface area contributed by atoms with E-state index in [1.807, 2.05) is 72.9 Å². The van der Waals surface area contributed by atoms with Crippen molar-refractivity contribution < 1.29 is 9.84 Å². The van der Waals surface area contributed by atoms with Crippen LogP contribution in [-0.2, 0) is 5.41 Å². The van der Waals surface area contributed by atoms with Gasteiger partial charge < -0.3 is 9.84 Å². The second kappa shape index (κ2) is 9.67. The maximum Gasteiger partial charge on any atom is 0.221 e. The number of hydrogen-bond donors (Lipinski definition) is 1. The van der Waals surface area contributed by atoms with Crippen LogP contribution in [-0.4, -0.2) is 29.2 Å². The Kier molecular flexibility index (Phi) is 5.71. The van der Waals surface area contributed by atoms with E-state index in [9.17, 15) is 5.11 Å². The summed E-state index contributed by atoms with van der Waals surface area (Å²) in [6, 6.07) is 33.9. The van der Waals surface area contributed by atoms with E-state index in [0.29, 0.717) is 22.7 Å². The number of benzene rings is 3. The molecule has 0 radical (unpaired) electrons. The Morgan fingerprint density at radius 3 is 2.27 bits per heavy atom. The molecule has 8 rings (SSSR count). The molecule has 0 saturated carbocycles. The van der Waals surface area contributed by atoms with Gasteiger partial charge in [0.05, 0.1) is 16.4 Å². The van der Waals surface area contributed by atoms with E-state index in [2.05, 4.69) is 65.2 Å². The predicted molar refractivity (Wildman–Crippen MR) is 175 cm³/mol. The second-order valence-corrected chi connectivity index (χ2v) is 12.0. The highest BCUT2D eigenvalue weighted by Crippen LogP contribution is 2.39. The minimum atomic E-state index is -0.0234. The largest absolute Gasteiger partial charge is 0.507 e. The zero-order valence-corrected chi connectivity index (χ0v) is 24.6. The molecule has 0 saturated heterocycles. The maximum absolute atomic E-state index is 10.9. The average molecular weight is 576 g/mol. The minimum absolute atomic E-state index is 0.0234. The highest BCUT2D eigenvalue weighted by atomic mass is 16.5. The number of aromatic hydroxyl groups is 1. The van der Waals surface area contributed by atoms with Gasteiger partial charge in [-0.25, -0.2) is 9.97 Å². The van der Waals surface area contributed by atoms with Crippen molar-refractivity contribution in [3.8, 4) is 28.9 Å². The van der Waals surface area contributed by atoms with Crippen LogP contribution in [0.25, 0.3) is 55.4 Å². The second-order valence-electron chi connectivity index (χ2n) is 12.0. The van der Waals surface area contributed by atoms with Gasteiger partial charge in [-0.15, -0.1) is 0 Å². The molecule has 0 unspecified atom stereocenters. The van der Waals surface area contributed by atoms with Crippen LogP contribution < -0.4 is 4.74 Å². The van der Waals surface area contributed by atoms with E-state index in [0.717, 1.165) is 44.3 Å². The molecule has 44 heavy (non-hydrogen) atoms. The fraction of sp³-hybridized carbons (Fsp3) is 0.108. The lowest BCUT2D eigenvalue weighted by molar-refractivity contribution is 0.465. The van der Waals surface area contributed by atoms with Gasteiger partial charge in [-0.3, -0.25) is 9.13 Å². The molecule has 214 valence electrons. The highest BCUT2D eigenvalue weighted by molar-refractivity contribution is 6.11. The number of pyridine rings is 3. The first-order chi connectivity index (χ1) is 21.4. The van der Waals surface area contributed by atoms with Gasteiger partial charge >= 0.3 is 0 Å². The third-order valence-corrected chi connectivity index (χ3v) is 8.17. The smallest absolute Gasteiger partial charge is 0.221 e. The maximum atomic E-state index is 10.9. The topological polar surface area (TPSA) is 78.0 Å². The third-order valence-electron chi connectivity index (χ3n) is 8.17. The van der Waals surface area contributed by atoms with Crippen LogP contribution in [0.2, 0.25) is 0 Å². The summed E-state index contributed by atoms with van der Waals surface area (Å²) in [5.74, 6) is 2.05. The molecular weight excluding hydrogens is 546 g/mol. The number of hydrogen-bond acceptors (Lipinski definition) is 5. The van der Waals surface area contributed by atoms with Crippen LogP contribution in [0.5, 0.6) is 17.4 Å². The minimum Gasteiger partial charge on any atom is -0.507 e. The first-order valence-electron chi connectivity index (χ1n) is 14.6. The van der Waals surface area contributed by atoms with Crippen LogP contribution in [0.1, 0.15) is 26.3 Å². The number of rotatable bonds is 4. The third kappa shape index (κ3) is 4.08. The SMILES string of the molecule is CC(C)(C)c1ccnc(-n2c3ccccc3c3ccc(Oc4ccc5c(c4)c4c(O)ccnc4n5-c4ccccc4)nc32)c1. The van der Waals surface area contributed by atoms with Crippen molar-refractivity contribution in [1.82, 2.24) is 24.1 Å². The fourth-order valence-corrected chi connectivity index (χ4v) is 6.03. The Hall–Kier alpha value is -5.69. The molecule has 8 aromatic rings. The lowest BCUT2D eigenvalue weighted by atomic mass is 9.88. The molecule has 5 heterocycles. The summed E-state index contributed by atoms with van der Waals surface area (Å²) < 4.78 is 10.6. The molecule has 0 atom stereocenters. The van der Waals surface area contributed by atoms with Crippen LogP contribution in [0.4, 0.5) is 0 Å². The summed E-state index contributed by atoms with van der Waals surface area (Å²) in [4.78, 5) is 14.4. The molecule has 0 aliphatic heterocycles. The molecule has 3 aromatic carbocycles. The van der Waals surface area contributed by atoms with Gasteiger partial charge in [0, 0.05) is 40.3 Å². The van der Waals surface area contributed by atoms with Crippen LogP contribution in [0.15, 0.2) is 116 Å². The summed E-state index contributed by atoms with van der Waals surface area (Å²) >= 11 is 0. The van der Waals surface area contributed by atoms with Crippen LogP contribution >= 0.6 is 0 Å². The molecule has 7 heteroatoms. The first-order valence-corrected chi connectivity index (χ1v) is 14.6. The quantitative estimate of drug-likeness (QED) is 0.227. The molecule has 0 aliphatic rings. The van der Waals surface area contributed by atoms with Crippen molar-refractivity contribution in [2.45, 2.75) is 26.2 Å². The summed E-state index contributed by atoms with van der Waals surface area (Å²) in [6.07, 6.45) is 3.49. The van der Waals surface area contributed by atoms with Crippen molar-refractivity contribution in [3.63, 3.8) is 0 Å².